The second kappa shape index (κ2) is 8.25. The third-order valence-corrected chi connectivity index (χ3v) is 5.85. The Hall–Kier alpha value is -2.62. The van der Waals surface area contributed by atoms with E-state index in [1.807, 2.05) is 18.2 Å². The molecule has 4 rings (SSSR count). The van der Waals surface area contributed by atoms with Crippen LogP contribution < -0.4 is 10.6 Å². The Morgan fingerprint density at radius 1 is 1.40 bits per heavy atom. The predicted octanol–water partition coefficient (Wildman–Crippen LogP) is 3.01. The molecule has 158 valence electrons. The van der Waals surface area contributed by atoms with Crippen molar-refractivity contribution in [1.82, 2.24) is 15.3 Å². The number of nitrogens with one attached hydrogen (secondary N) is 2. The average Bonchev–Trinajstić information content (AvgIpc) is 3.22. The van der Waals surface area contributed by atoms with Crippen LogP contribution in [0.4, 0.5) is 10.1 Å². The standard InChI is InChI=1S/C21H23FN4O3S/c1-21(2,28)18(22)8-25-20(27)15-6-24-16-4-3-12(17-7-23-11-30-17)5-14(16)19(15)26-13-9-29-10-13/h3-7,11,13,18,28H,8-10H2,1-2H3,(H,24,26)(H,25,27)/t18-/m1/s1. The second-order valence-corrected chi connectivity index (χ2v) is 8.74. The molecule has 1 aliphatic rings. The summed E-state index contributed by atoms with van der Waals surface area (Å²) in [7, 11) is 0. The summed E-state index contributed by atoms with van der Waals surface area (Å²) < 4.78 is 19.4. The van der Waals surface area contributed by atoms with Gasteiger partial charge in [-0.2, -0.15) is 0 Å². The maximum Gasteiger partial charge on any atom is 0.255 e. The number of carbonyl (C=O) groups excluding carboxylic acids is 1. The van der Waals surface area contributed by atoms with Crippen molar-refractivity contribution in [3.8, 4) is 10.4 Å². The lowest BCUT2D eigenvalue weighted by molar-refractivity contribution is -0.00178. The van der Waals surface area contributed by atoms with Crippen molar-refractivity contribution >= 4 is 33.8 Å². The summed E-state index contributed by atoms with van der Waals surface area (Å²) in [5.74, 6) is -0.456. The van der Waals surface area contributed by atoms with Crippen LogP contribution in [0.1, 0.15) is 24.2 Å². The largest absolute Gasteiger partial charge is 0.387 e. The summed E-state index contributed by atoms with van der Waals surface area (Å²) >= 11 is 1.53. The van der Waals surface area contributed by atoms with Crippen LogP contribution in [0.25, 0.3) is 21.3 Å². The topological polar surface area (TPSA) is 96.4 Å². The van der Waals surface area contributed by atoms with Crippen molar-refractivity contribution in [3.63, 3.8) is 0 Å². The fourth-order valence-corrected chi connectivity index (χ4v) is 3.70. The van der Waals surface area contributed by atoms with Gasteiger partial charge >= 0.3 is 0 Å². The molecule has 0 radical (unpaired) electrons. The molecule has 7 nitrogen and oxygen atoms in total. The van der Waals surface area contributed by atoms with E-state index in [1.54, 1.807) is 11.7 Å². The first-order valence-electron chi connectivity index (χ1n) is 9.63. The molecule has 1 saturated heterocycles. The molecule has 0 spiro atoms. The number of aliphatic hydroxyl groups is 1. The smallest absolute Gasteiger partial charge is 0.255 e. The molecule has 0 bridgehead atoms. The van der Waals surface area contributed by atoms with Gasteiger partial charge in [-0.1, -0.05) is 6.07 Å². The molecule has 30 heavy (non-hydrogen) atoms. The number of benzene rings is 1. The van der Waals surface area contributed by atoms with Gasteiger partial charge in [0, 0.05) is 17.8 Å². The Morgan fingerprint density at radius 2 is 2.20 bits per heavy atom. The summed E-state index contributed by atoms with van der Waals surface area (Å²) in [6.07, 6.45) is 1.69. The number of nitrogens with zero attached hydrogens (tertiary/aromatic N) is 2. The van der Waals surface area contributed by atoms with Gasteiger partial charge in [0.05, 0.1) is 58.6 Å². The lowest BCUT2D eigenvalue weighted by Crippen LogP contribution is -2.43. The zero-order valence-electron chi connectivity index (χ0n) is 16.7. The third-order valence-electron chi connectivity index (χ3n) is 5.02. The first kappa shape index (κ1) is 20.6. The number of fused-ring (bicyclic) bond motifs is 1. The Bertz CT molecular complexity index is 1050. The van der Waals surface area contributed by atoms with Crippen molar-refractivity contribution in [2.24, 2.45) is 0 Å². The molecule has 3 heterocycles. The monoisotopic (exact) mass is 430 g/mol. The van der Waals surface area contributed by atoms with Crippen molar-refractivity contribution in [3.05, 3.63) is 41.7 Å². The van der Waals surface area contributed by atoms with E-state index in [1.165, 1.54) is 31.4 Å². The number of hydrogen-bond donors (Lipinski definition) is 3. The number of pyridine rings is 1. The normalized spacial score (nSPS) is 15.6. The molecule has 0 saturated carbocycles. The average molecular weight is 431 g/mol. The van der Waals surface area contributed by atoms with Gasteiger partial charge < -0.3 is 20.5 Å². The van der Waals surface area contributed by atoms with E-state index in [-0.39, 0.29) is 12.6 Å². The van der Waals surface area contributed by atoms with Gasteiger partial charge in [0.2, 0.25) is 0 Å². The minimum Gasteiger partial charge on any atom is -0.387 e. The van der Waals surface area contributed by atoms with Gasteiger partial charge in [0.15, 0.2) is 0 Å². The fraction of sp³-hybridized carbons (Fsp3) is 0.381. The Morgan fingerprint density at radius 3 is 2.83 bits per heavy atom. The van der Waals surface area contributed by atoms with Crippen LogP contribution in [-0.2, 0) is 4.74 Å². The summed E-state index contributed by atoms with van der Waals surface area (Å²) in [6, 6.07) is 5.93. The van der Waals surface area contributed by atoms with Gasteiger partial charge in [0.25, 0.3) is 5.91 Å². The minimum atomic E-state index is -1.59. The van der Waals surface area contributed by atoms with Crippen LogP contribution >= 0.6 is 11.3 Å². The van der Waals surface area contributed by atoms with Crippen LogP contribution in [0.15, 0.2) is 36.1 Å². The van der Waals surface area contributed by atoms with Crippen molar-refractivity contribution in [2.45, 2.75) is 31.7 Å². The summed E-state index contributed by atoms with van der Waals surface area (Å²) in [4.78, 5) is 22.4. The number of halogens is 1. The van der Waals surface area contributed by atoms with E-state index >= 15 is 0 Å². The quantitative estimate of drug-likeness (QED) is 0.533. The highest BCUT2D eigenvalue weighted by molar-refractivity contribution is 7.13. The Balaban J connectivity index is 1.70. The Kier molecular flexibility index (Phi) is 5.68. The van der Waals surface area contributed by atoms with Gasteiger partial charge in [-0.3, -0.25) is 14.8 Å². The fourth-order valence-electron chi connectivity index (χ4n) is 3.08. The SMILES string of the molecule is CC(C)(O)[C@H](F)CNC(=O)c1cnc2ccc(-c3cncs3)cc2c1NC1COC1. The molecule has 1 atom stereocenters. The number of ether oxygens (including phenoxy) is 1. The third kappa shape index (κ3) is 4.28. The molecule has 1 amide bonds. The highest BCUT2D eigenvalue weighted by Gasteiger charge is 2.28. The number of alkyl halides is 1. The predicted molar refractivity (Wildman–Crippen MR) is 115 cm³/mol. The van der Waals surface area contributed by atoms with Crippen molar-refractivity contribution in [2.75, 3.05) is 25.1 Å². The first-order chi connectivity index (χ1) is 14.3. The highest BCUT2D eigenvalue weighted by Crippen LogP contribution is 2.33. The first-order valence-corrected chi connectivity index (χ1v) is 10.5. The van der Waals surface area contributed by atoms with Gasteiger partial charge in [-0.05, 0) is 31.5 Å². The van der Waals surface area contributed by atoms with Crippen LogP contribution in [0.2, 0.25) is 0 Å². The van der Waals surface area contributed by atoms with Crippen LogP contribution in [0.5, 0.6) is 0 Å². The van der Waals surface area contributed by atoms with Crippen LogP contribution in [0.3, 0.4) is 0 Å². The Labute approximate surface area is 177 Å². The minimum absolute atomic E-state index is 0.0829. The molecule has 2 aromatic heterocycles. The van der Waals surface area contributed by atoms with Gasteiger partial charge in [-0.15, -0.1) is 11.3 Å². The molecule has 0 unspecified atom stereocenters. The van der Waals surface area contributed by atoms with Crippen molar-refractivity contribution < 1.29 is 19.0 Å². The molecule has 1 aliphatic heterocycles. The van der Waals surface area contributed by atoms with E-state index in [0.717, 1.165) is 21.3 Å². The maximum absolute atomic E-state index is 14.1. The van der Waals surface area contributed by atoms with E-state index in [9.17, 15) is 14.3 Å². The van der Waals surface area contributed by atoms with E-state index in [2.05, 4.69) is 20.6 Å². The summed E-state index contributed by atoms with van der Waals surface area (Å²) in [6.45, 7) is 3.53. The number of anilines is 1. The second-order valence-electron chi connectivity index (χ2n) is 7.85. The molecule has 3 N–H and O–H groups in total. The van der Waals surface area contributed by atoms with Crippen molar-refractivity contribution in [1.29, 1.82) is 0 Å². The number of hydrogen-bond acceptors (Lipinski definition) is 7. The van der Waals surface area contributed by atoms with Crippen LogP contribution in [0, 0.1) is 0 Å². The lowest BCUT2D eigenvalue weighted by Gasteiger charge is -2.29. The molecular formula is C21H23FN4O3S. The molecular weight excluding hydrogens is 407 g/mol. The zero-order valence-corrected chi connectivity index (χ0v) is 17.5. The highest BCUT2D eigenvalue weighted by atomic mass is 32.1. The van der Waals surface area contributed by atoms with Gasteiger partial charge in [-0.25, -0.2) is 4.39 Å². The maximum atomic E-state index is 14.1. The van der Waals surface area contributed by atoms with E-state index < -0.39 is 17.7 Å². The zero-order chi connectivity index (χ0) is 21.3. The number of thiazole rings is 1. The lowest BCUT2D eigenvalue weighted by atomic mass is 10.0. The van der Waals surface area contributed by atoms with Gasteiger partial charge in [0.1, 0.15) is 6.17 Å². The summed E-state index contributed by atoms with van der Waals surface area (Å²) in [5.41, 5.74) is 2.89. The van der Waals surface area contributed by atoms with E-state index in [0.29, 0.717) is 24.5 Å². The number of amides is 1. The van der Waals surface area contributed by atoms with E-state index in [4.69, 9.17) is 4.74 Å². The number of rotatable bonds is 7. The number of aromatic nitrogens is 2. The molecule has 9 heteroatoms. The molecule has 3 aromatic rings. The number of carbonyl (C=O) groups is 1. The summed E-state index contributed by atoms with van der Waals surface area (Å²) in [5, 5.41) is 16.5. The molecule has 0 aliphatic carbocycles. The molecule has 1 aromatic carbocycles. The molecule has 1 fully saturated rings. The van der Waals surface area contributed by atoms with Crippen LogP contribution in [-0.4, -0.2) is 58.6 Å².